The number of halogens is 6. The van der Waals surface area contributed by atoms with E-state index in [0.717, 1.165) is 24.3 Å². The quantitative estimate of drug-likeness (QED) is 0.382. The molecule has 1 aliphatic heterocycles. The molecule has 2 N–H and O–H groups in total. The number of alkyl halides is 6. The van der Waals surface area contributed by atoms with Crippen LogP contribution in [-0.2, 0) is 20.5 Å². The molecule has 0 aromatic heterocycles. The summed E-state index contributed by atoms with van der Waals surface area (Å²) in [4.78, 5) is 28.0. The number of anilines is 1. The average molecular weight is 576 g/mol. The molecule has 0 spiro atoms. The summed E-state index contributed by atoms with van der Waals surface area (Å²) >= 11 is 0. The molecule has 7 nitrogen and oxygen atoms in total. The fourth-order valence-electron chi connectivity index (χ4n) is 4.15. The fourth-order valence-corrected chi connectivity index (χ4v) is 4.15. The molecular formula is C27H31F6N3O4. The predicted molar refractivity (Wildman–Crippen MR) is 135 cm³/mol. The number of ether oxygens (including phenoxy) is 2. The molecule has 220 valence electrons. The number of carbonyl (C=O) groups is 2. The Morgan fingerprint density at radius 3 is 2.23 bits per heavy atom. The van der Waals surface area contributed by atoms with Gasteiger partial charge in [0, 0.05) is 37.8 Å². The van der Waals surface area contributed by atoms with Gasteiger partial charge in [-0.25, -0.2) is 0 Å². The lowest BCUT2D eigenvalue weighted by atomic mass is 9.91. The number of nitrogens with zero attached hydrogens (tertiary/aromatic N) is 1. The normalized spacial score (nSPS) is 15.9. The summed E-state index contributed by atoms with van der Waals surface area (Å²) < 4.78 is 86.5. The second kappa shape index (κ2) is 13.2. The summed E-state index contributed by atoms with van der Waals surface area (Å²) in [6.07, 6.45) is -9.77. The predicted octanol–water partition coefficient (Wildman–Crippen LogP) is 5.19. The van der Waals surface area contributed by atoms with Gasteiger partial charge in [-0.1, -0.05) is 32.0 Å². The molecule has 1 fully saturated rings. The Kier molecular flexibility index (Phi) is 10.3. The van der Waals surface area contributed by atoms with Gasteiger partial charge in [0.15, 0.2) is 0 Å². The molecule has 3 rings (SSSR count). The van der Waals surface area contributed by atoms with Crippen LogP contribution >= 0.6 is 0 Å². The third kappa shape index (κ3) is 9.32. The Balaban J connectivity index is 1.75. The highest BCUT2D eigenvalue weighted by Crippen LogP contribution is 2.32. The first-order valence-corrected chi connectivity index (χ1v) is 12.7. The Hall–Kier alpha value is -3.48. The summed E-state index contributed by atoms with van der Waals surface area (Å²) in [5.74, 6) is -2.70. The minimum absolute atomic E-state index is 0.0599. The summed E-state index contributed by atoms with van der Waals surface area (Å²) in [5.41, 5.74) is -0.405. The van der Waals surface area contributed by atoms with E-state index in [1.807, 2.05) is 13.8 Å². The highest BCUT2D eigenvalue weighted by molar-refractivity contribution is 5.90. The number of morpholine rings is 1. The van der Waals surface area contributed by atoms with Crippen LogP contribution < -0.4 is 15.4 Å². The molecular weight excluding hydrogens is 544 g/mol. The van der Waals surface area contributed by atoms with Crippen molar-refractivity contribution in [1.29, 1.82) is 0 Å². The van der Waals surface area contributed by atoms with E-state index in [2.05, 4.69) is 15.4 Å². The largest absolute Gasteiger partial charge is 0.573 e. The zero-order chi connectivity index (χ0) is 29.5. The van der Waals surface area contributed by atoms with Crippen molar-refractivity contribution in [1.82, 2.24) is 10.2 Å². The molecule has 0 saturated carbocycles. The van der Waals surface area contributed by atoms with Crippen LogP contribution in [0.4, 0.5) is 32.0 Å². The van der Waals surface area contributed by atoms with Crippen LogP contribution in [0.3, 0.4) is 0 Å². The van der Waals surface area contributed by atoms with Crippen LogP contribution in [0.15, 0.2) is 48.5 Å². The van der Waals surface area contributed by atoms with Crippen molar-refractivity contribution in [3.8, 4) is 5.75 Å². The maximum absolute atomic E-state index is 13.5. The molecule has 13 heteroatoms. The third-order valence-electron chi connectivity index (χ3n) is 6.42. The Morgan fingerprint density at radius 1 is 1.00 bits per heavy atom. The van der Waals surface area contributed by atoms with Crippen molar-refractivity contribution in [2.24, 2.45) is 5.92 Å². The van der Waals surface area contributed by atoms with E-state index in [1.165, 1.54) is 29.2 Å². The number of nitrogens with one attached hydrogen (secondary N) is 2. The first-order chi connectivity index (χ1) is 18.7. The first-order valence-electron chi connectivity index (χ1n) is 12.7. The van der Waals surface area contributed by atoms with E-state index in [4.69, 9.17) is 4.74 Å². The van der Waals surface area contributed by atoms with Gasteiger partial charge >= 0.3 is 12.5 Å². The zero-order valence-corrected chi connectivity index (χ0v) is 21.9. The summed E-state index contributed by atoms with van der Waals surface area (Å²) in [7, 11) is 0. The van der Waals surface area contributed by atoms with Crippen molar-refractivity contribution in [3.63, 3.8) is 0 Å². The van der Waals surface area contributed by atoms with Gasteiger partial charge in [0.1, 0.15) is 5.75 Å². The molecule has 0 bridgehead atoms. The lowest BCUT2D eigenvalue weighted by Crippen LogP contribution is -2.47. The Labute approximate surface area is 227 Å². The molecule has 2 aromatic carbocycles. The maximum Gasteiger partial charge on any atom is 0.573 e. The monoisotopic (exact) mass is 575 g/mol. The third-order valence-corrected chi connectivity index (χ3v) is 6.42. The number of rotatable bonds is 10. The Morgan fingerprint density at radius 2 is 1.65 bits per heavy atom. The van der Waals surface area contributed by atoms with Crippen LogP contribution in [0, 0.1) is 5.92 Å². The van der Waals surface area contributed by atoms with Crippen LogP contribution in [0.1, 0.15) is 37.3 Å². The molecule has 0 aliphatic carbocycles. The molecule has 0 radical (unpaired) electrons. The molecule has 40 heavy (non-hydrogen) atoms. The number of hydrogen-bond acceptors (Lipinski definition) is 5. The fraction of sp³-hybridized carbons (Fsp3) is 0.481. The van der Waals surface area contributed by atoms with Crippen LogP contribution in [0.5, 0.6) is 5.75 Å². The van der Waals surface area contributed by atoms with Crippen molar-refractivity contribution >= 4 is 17.5 Å². The number of hydrogen-bond donors (Lipinski definition) is 2. The zero-order valence-electron chi connectivity index (χ0n) is 21.9. The lowest BCUT2D eigenvalue weighted by Gasteiger charge is -2.30. The van der Waals surface area contributed by atoms with Crippen LogP contribution in [0.25, 0.3) is 0 Å². The number of carbonyl (C=O) groups excluding carboxylic acids is 2. The Bertz CT molecular complexity index is 1130. The second-order valence-corrected chi connectivity index (χ2v) is 9.69. The van der Waals surface area contributed by atoms with Gasteiger partial charge in [0.25, 0.3) is 0 Å². The standard InChI is InChI=1S/C27H31F6N3O4/c1-17(2)23(16-34-20-6-8-21(9-7-20)40-27(31,32)33)35-25(38)22(15-24(37)36-10-12-39-13-11-36)18-4-3-5-19(14-18)26(28,29)30/h3-9,14,17,22-23,34H,10-13,15-16H2,1-2H3,(H,35,38)/t22-,23+/m0/s1. The summed E-state index contributed by atoms with van der Waals surface area (Å²) in [5, 5.41) is 5.88. The van der Waals surface area contributed by atoms with E-state index >= 15 is 0 Å². The van der Waals surface area contributed by atoms with E-state index < -0.39 is 36.0 Å². The van der Waals surface area contributed by atoms with Gasteiger partial charge in [-0.15, -0.1) is 13.2 Å². The molecule has 2 amide bonds. The van der Waals surface area contributed by atoms with E-state index in [-0.39, 0.29) is 36.1 Å². The molecule has 2 aromatic rings. The van der Waals surface area contributed by atoms with Gasteiger partial charge in [0.05, 0.1) is 24.7 Å². The van der Waals surface area contributed by atoms with Gasteiger partial charge in [-0.3, -0.25) is 9.59 Å². The van der Waals surface area contributed by atoms with E-state index in [9.17, 15) is 35.9 Å². The minimum atomic E-state index is -4.82. The summed E-state index contributed by atoms with van der Waals surface area (Å²) in [6, 6.07) is 8.88. The minimum Gasteiger partial charge on any atom is -0.406 e. The number of amides is 2. The van der Waals surface area contributed by atoms with Crippen molar-refractivity contribution in [2.45, 2.75) is 44.8 Å². The molecule has 1 saturated heterocycles. The van der Waals surface area contributed by atoms with Crippen LogP contribution in [-0.4, -0.2) is 62.0 Å². The molecule has 2 atom stereocenters. The molecule has 1 heterocycles. The van der Waals surface area contributed by atoms with Gasteiger partial charge in [-0.2, -0.15) is 13.2 Å². The van der Waals surface area contributed by atoms with Gasteiger partial charge in [0.2, 0.25) is 11.8 Å². The smallest absolute Gasteiger partial charge is 0.406 e. The van der Waals surface area contributed by atoms with Crippen molar-refractivity contribution in [3.05, 3.63) is 59.7 Å². The first kappa shape index (κ1) is 31.1. The topological polar surface area (TPSA) is 79.9 Å². The second-order valence-electron chi connectivity index (χ2n) is 9.69. The molecule has 0 unspecified atom stereocenters. The van der Waals surface area contributed by atoms with E-state index in [1.54, 1.807) is 0 Å². The highest BCUT2D eigenvalue weighted by Gasteiger charge is 2.34. The highest BCUT2D eigenvalue weighted by atomic mass is 19.4. The average Bonchev–Trinajstić information content (AvgIpc) is 2.89. The lowest BCUT2D eigenvalue weighted by molar-refractivity contribution is -0.274. The SMILES string of the molecule is CC(C)[C@@H](CNc1ccc(OC(F)(F)F)cc1)NC(=O)[C@@H](CC(=O)N1CCOCC1)c1cccc(C(F)(F)F)c1. The number of benzene rings is 2. The van der Waals surface area contributed by atoms with Gasteiger partial charge in [-0.05, 0) is 41.8 Å². The maximum atomic E-state index is 13.5. The van der Waals surface area contributed by atoms with E-state index in [0.29, 0.717) is 32.0 Å². The van der Waals surface area contributed by atoms with Crippen LogP contribution in [0.2, 0.25) is 0 Å². The summed E-state index contributed by atoms with van der Waals surface area (Å²) in [6.45, 7) is 5.11. The molecule has 1 aliphatic rings. The van der Waals surface area contributed by atoms with Crippen molar-refractivity contribution < 1.29 is 45.4 Å². The van der Waals surface area contributed by atoms with Gasteiger partial charge < -0.3 is 25.0 Å². The van der Waals surface area contributed by atoms with Crippen molar-refractivity contribution in [2.75, 3.05) is 38.2 Å².